The lowest BCUT2D eigenvalue weighted by Crippen LogP contribution is -2.43. The number of hydrogen-bond donors (Lipinski definition) is 2. The standard InChI is InChI=1S/C18H26N4O4Si/c1-14-6-9-19-16(12-14)17-13-15(7-10-20-17)22-18(23)21-8-5-11-27(24-2,25-3)26-4/h6-7,9-10,12-13H,5,8,11H2,1-4H3,(H2,20,21,22,23). The number of hydrogen-bond acceptors (Lipinski definition) is 6. The van der Waals surface area contributed by atoms with Gasteiger partial charge in [0.2, 0.25) is 0 Å². The van der Waals surface area contributed by atoms with Crippen molar-refractivity contribution in [2.24, 2.45) is 0 Å². The highest BCUT2D eigenvalue weighted by Gasteiger charge is 2.36. The Morgan fingerprint density at radius 3 is 2.30 bits per heavy atom. The molecule has 2 amide bonds. The molecular weight excluding hydrogens is 364 g/mol. The van der Waals surface area contributed by atoms with Crippen molar-refractivity contribution >= 4 is 20.5 Å². The molecule has 2 N–H and O–H groups in total. The third-order valence-corrected chi connectivity index (χ3v) is 6.91. The van der Waals surface area contributed by atoms with E-state index in [4.69, 9.17) is 13.3 Å². The zero-order valence-electron chi connectivity index (χ0n) is 16.1. The van der Waals surface area contributed by atoms with Crippen LogP contribution in [-0.2, 0) is 13.3 Å². The number of pyridine rings is 2. The number of rotatable bonds is 9. The van der Waals surface area contributed by atoms with Crippen LogP contribution in [0.5, 0.6) is 0 Å². The molecule has 0 saturated heterocycles. The lowest BCUT2D eigenvalue weighted by atomic mass is 10.2. The van der Waals surface area contributed by atoms with Gasteiger partial charge in [-0.3, -0.25) is 9.97 Å². The van der Waals surface area contributed by atoms with Gasteiger partial charge < -0.3 is 23.9 Å². The lowest BCUT2D eigenvalue weighted by molar-refractivity contribution is 0.123. The van der Waals surface area contributed by atoms with Crippen LogP contribution >= 0.6 is 0 Å². The van der Waals surface area contributed by atoms with Crippen molar-refractivity contribution in [1.29, 1.82) is 0 Å². The quantitative estimate of drug-likeness (QED) is 0.505. The molecule has 0 bridgehead atoms. The highest BCUT2D eigenvalue weighted by molar-refractivity contribution is 6.60. The highest BCUT2D eigenvalue weighted by Crippen LogP contribution is 2.19. The van der Waals surface area contributed by atoms with E-state index >= 15 is 0 Å². The van der Waals surface area contributed by atoms with Crippen molar-refractivity contribution in [2.75, 3.05) is 33.2 Å². The fourth-order valence-corrected chi connectivity index (χ4v) is 4.29. The first-order valence-electron chi connectivity index (χ1n) is 8.61. The van der Waals surface area contributed by atoms with Gasteiger partial charge in [-0.25, -0.2) is 4.79 Å². The number of nitrogens with zero attached hydrogens (tertiary/aromatic N) is 2. The summed E-state index contributed by atoms with van der Waals surface area (Å²) in [5, 5.41) is 5.62. The summed E-state index contributed by atoms with van der Waals surface area (Å²) >= 11 is 0. The fraction of sp³-hybridized carbons (Fsp3) is 0.389. The van der Waals surface area contributed by atoms with E-state index in [2.05, 4.69) is 20.6 Å². The molecule has 0 aromatic carbocycles. The summed E-state index contributed by atoms with van der Waals surface area (Å²) in [6.45, 7) is 2.48. The molecule has 0 radical (unpaired) electrons. The Morgan fingerprint density at radius 2 is 1.67 bits per heavy atom. The Labute approximate surface area is 160 Å². The van der Waals surface area contributed by atoms with E-state index < -0.39 is 8.80 Å². The Morgan fingerprint density at radius 1 is 1.04 bits per heavy atom. The average molecular weight is 391 g/mol. The second-order valence-electron chi connectivity index (χ2n) is 5.93. The van der Waals surface area contributed by atoms with Crippen LogP contribution in [0.4, 0.5) is 10.5 Å². The number of amides is 2. The Bertz CT molecular complexity index is 747. The average Bonchev–Trinajstić information content (AvgIpc) is 2.69. The van der Waals surface area contributed by atoms with Crippen LogP contribution in [0.1, 0.15) is 12.0 Å². The molecule has 0 aliphatic rings. The van der Waals surface area contributed by atoms with E-state index in [1.54, 1.807) is 45.9 Å². The SMILES string of the molecule is CO[Si](CCCNC(=O)Nc1ccnc(-c2cc(C)ccn2)c1)(OC)OC. The molecule has 2 aromatic rings. The van der Waals surface area contributed by atoms with Crippen molar-refractivity contribution in [3.8, 4) is 11.4 Å². The molecule has 2 aromatic heterocycles. The zero-order chi connectivity index (χ0) is 19.7. The predicted octanol–water partition coefficient (Wildman–Crippen LogP) is 2.84. The maximum absolute atomic E-state index is 12.1. The highest BCUT2D eigenvalue weighted by atomic mass is 28.4. The number of aromatic nitrogens is 2. The first kappa shape index (κ1) is 21.0. The minimum absolute atomic E-state index is 0.288. The summed E-state index contributed by atoms with van der Waals surface area (Å²) in [6, 6.07) is 7.73. The third kappa shape index (κ3) is 6.10. The van der Waals surface area contributed by atoms with Crippen LogP contribution < -0.4 is 10.6 Å². The van der Waals surface area contributed by atoms with E-state index in [-0.39, 0.29) is 6.03 Å². The third-order valence-electron chi connectivity index (χ3n) is 4.07. The molecule has 0 saturated carbocycles. The maximum Gasteiger partial charge on any atom is 0.500 e. The van der Waals surface area contributed by atoms with Crippen molar-refractivity contribution in [3.05, 3.63) is 42.2 Å². The molecule has 27 heavy (non-hydrogen) atoms. The predicted molar refractivity (Wildman–Crippen MR) is 105 cm³/mol. The first-order chi connectivity index (χ1) is 13.0. The summed E-state index contributed by atoms with van der Waals surface area (Å²) in [6.07, 6.45) is 4.07. The molecule has 0 spiro atoms. The number of aryl methyl sites for hydroxylation is 1. The minimum Gasteiger partial charge on any atom is -0.377 e. The van der Waals surface area contributed by atoms with E-state index in [9.17, 15) is 4.79 Å². The van der Waals surface area contributed by atoms with E-state index in [0.717, 1.165) is 11.3 Å². The van der Waals surface area contributed by atoms with Crippen molar-refractivity contribution in [2.45, 2.75) is 19.4 Å². The lowest BCUT2D eigenvalue weighted by Gasteiger charge is -2.24. The monoisotopic (exact) mass is 390 g/mol. The molecule has 0 unspecified atom stereocenters. The fourth-order valence-electron chi connectivity index (χ4n) is 2.56. The Balaban J connectivity index is 1.87. The van der Waals surface area contributed by atoms with Crippen LogP contribution in [0.25, 0.3) is 11.4 Å². The summed E-state index contributed by atoms with van der Waals surface area (Å²) in [7, 11) is 2.12. The molecule has 9 heteroatoms. The number of urea groups is 1. The normalized spacial score (nSPS) is 11.3. The molecule has 2 heterocycles. The first-order valence-corrected chi connectivity index (χ1v) is 10.5. The largest absolute Gasteiger partial charge is 0.500 e. The van der Waals surface area contributed by atoms with E-state index in [1.807, 2.05) is 19.1 Å². The summed E-state index contributed by atoms with van der Waals surface area (Å²) in [5.74, 6) is 0. The Hall–Kier alpha value is -2.33. The topological polar surface area (TPSA) is 94.6 Å². The van der Waals surface area contributed by atoms with Crippen molar-refractivity contribution in [3.63, 3.8) is 0 Å². The second-order valence-corrected chi connectivity index (χ2v) is 9.02. The van der Waals surface area contributed by atoms with Crippen LogP contribution in [0, 0.1) is 6.92 Å². The molecule has 8 nitrogen and oxygen atoms in total. The molecule has 146 valence electrons. The molecule has 2 rings (SSSR count). The number of nitrogens with one attached hydrogen (secondary N) is 2. The molecule has 0 aliphatic carbocycles. The summed E-state index contributed by atoms with van der Waals surface area (Å²) in [4.78, 5) is 20.7. The molecule has 0 atom stereocenters. The molecule has 0 aliphatic heterocycles. The van der Waals surface area contributed by atoms with Crippen LogP contribution in [0.2, 0.25) is 6.04 Å². The smallest absolute Gasteiger partial charge is 0.377 e. The second kappa shape index (κ2) is 10.1. The number of carbonyl (C=O) groups is 1. The summed E-state index contributed by atoms with van der Waals surface area (Å²) < 4.78 is 16.1. The van der Waals surface area contributed by atoms with Gasteiger partial charge >= 0.3 is 14.8 Å². The van der Waals surface area contributed by atoms with Gasteiger partial charge in [0.05, 0.1) is 11.4 Å². The van der Waals surface area contributed by atoms with Gasteiger partial charge in [0, 0.05) is 52.0 Å². The van der Waals surface area contributed by atoms with Gasteiger partial charge in [0.1, 0.15) is 0 Å². The summed E-state index contributed by atoms with van der Waals surface area (Å²) in [5.41, 5.74) is 3.21. The van der Waals surface area contributed by atoms with E-state index in [0.29, 0.717) is 30.4 Å². The number of carbonyl (C=O) groups excluding carboxylic acids is 1. The number of anilines is 1. The van der Waals surface area contributed by atoms with Crippen molar-refractivity contribution in [1.82, 2.24) is 15.3 Å². The Kier molecular flexibility index (Phi) is 7.86. The minimum atomic E-state index is -2.60. The van der Waals surface area contributed by atoms with Gasteiger partial charge in [-0.05, 0) is 43.2 Å². The van der Waals surface area contributed by atoms with Crippen LogP contribution in [0.15, 0.2) is 36.7 Å². The molecule has 0 fully saturated rings. The van der Waals surface area contributed by atoms with Crippen LogP contribution in [-0.4, -0.2) is 52.7 Å². The van der Waals surface area contributed by atoms with Crippen LogP contribution in [0.3, 0.4) is 0 Å². The van der Waals surface area contributed by atoms with Gasteiger partial charge in [0.25, 0.3) is 0 Å². The van der Waals surface area contributed by atoms with Gasteiger partial charge in [-0.2, -0.15) is 0 Å². The zero-order valence-corrected chi connectivity index (χ0v) is 17.1. The molecular formula is C18H26N4O4Si. The maximum atomic E-state index is 12.1. The van der Waals surface area contributed by atoms with Gasteiger partial charge in [-0.1, -0.05) is 0 Å². The van der Waals surface area contributed by atoms with Crippen molar-refractivity contribution < 1.29 is 18.1 Å². The van der Waals surface area contributed by atoms with E-state index in [1.165, 1.54) is 0 Å². The van der Waals surface area contributed by atoms with Gasteiger partial charge in [-0.15, -0.1) is 0 Å². The van der Waals surface area contributed by atoms with Gasteiger partial charge in [0.15, 0.2) is 0 Å².